The standard InChI is InChI=1S/C16H14FNO3/c17-13-4-3-11(18)9-12(13)16(19)10-2-5-14-15(8-10)21-7-1-6-20-14/h2-5,8-9H,1,6-7,18H2. The molecule has 0 atom stereocenters. The smallest absolute Gasteiger partial charge is 0.196 e. The normalized spacial score (nSPS) is 13.6. The van der Waals surface area contributed by atoms with Gasteiger partial charge in [-0.2, -0.15) is 0 Å². The van der Waals surface area contributed by atoms with Gasteiger partial charge in [0.25, 0.3) is 0 Å². The molecule has 0 aliphatic carbocycles. The molecule has 0 aromatic heterocycles. The molecule has 1 heterocycles. The van der Waals surface area contributed by atoms with Crippen LogP contribution in [-0.4, -0.2) is 19.0 Å². The van der Waals surface area contributed by atoms with E-state index in [0.29, 0.717) is 36.0 Å². The van der Waals surface area contributed by atoms with Crippen molar-refractivity contribution in [3.8, 4) is 11.5 Å². The van der Waals surface area contributed by atoms with Crippen LogP contribution in [0.1, 0.15) is 22.3 Å². The summed E-state index contributed by atoms with van der Waals surface area (Å²) in [6.45, 7) is 1.10. The summed E-state index contributed by atoms with van der Waals surface area (Å²) in [7, 11) is 0. The molecule has 0 amide bonds. The highest BCUT2D eigenvalue weighted by Gasteiger charge is 2.18. The number of rotatable bonds is 2. The summed E-state index contributed by atoms with van der Waals surface area (Å²) in [4.78, 5) is 12.4. The number of hydrogen-bond acceptors (Lipinski definition) is 4. The number of anilines is 1. The third kappa shape index (κ3) is 2.67. The Labute approximate surface area is 121 Å². The first-order chi connectivity index (χ1) is 10.1. The zero-order valence-electron chi connectivity index (χ0n) is 11.3. The quantitative estimate of drug-likeness (QED) is 0.681. The minimum atomic E-state index is -0.596. The Bertz CT molecular complexity index is 700. The first-order valence-corrected chi connectivity index (χ1v) is 6.64. The van der Waals surface area contributed by atoms with Gasteiger partial charge < -0.3 is 15.2 Å². The molecule has 0 unspecified atom stereocenters. The third-order valence-corrected chi connectivity index (χ3v) is 3.24. The maximum absolute atomic E-state index is 13.8. The maximum Gasteiger partial charge on any atom is 0.196 e. The van der Waals surface area contributed by atoms with Crippen molar-refractivity contribution in [3.05, 3.63) is 53.3 Å². The van der Waals surface area contributed by atoms with Crippen molar-refractivity contribution < 1.29 is 18.7 Å². The summed E-state index contributed by atoms with van der Waals surface area (Å²) in [5, 5.41) is 0. The summed E-state index contributed by atoms with van der Waals surface area (Å²) < 4.78 is 24.8. The molecule has 21 heavy (non-hydrogen) atoms. The number of ether oxygens (including phenoxy) is 2. The summed E-state index contributed by atoms with van der Waals surface area (Å²) >= 11 is 0. The van der Waals surface area contributed by atoms with E-state index in [9.17, 15) is 9.18 Å². The molecule has 4 nitrogen and oxygen atoms in total. The SMILES string of the molecule is Nc1ccc(F)c(C(=O)c2ccc3c(c2)OCCCO3)c1. The predicted molar refractivity (Wildman–Crippen MR) is 76.3 cm³/mol. The lowest BCUT2D eigenvalue weighted by Gasteiger charge is -2.09. The monoisotopic (exact) mass is 287 g/mol. The van der Waals surface area contributed by atoms with Crippen molar-refractivity contribution in [2.45, 2.75) is 6.42 Å². The topological polar surface area (TPSA) is 61.6 Å². The van der Waals surface area contributed by atoms with Crippen molar-refractivity contribution in [1.29, 1.82) is 0 Å². The van der Waals surface area contributed by atoms with Gasteiger partial charge in [0.1, 0.15) is 5.82 Å². The number of nitrogens with two attached hydrogens (primary N) is 1. The molecule has 5 heteroatoms. The number of halogens is 1. The van der Waals surface area contributed by atoms with E-state index >= 15 is 0 Å². The zero-order chi connectivity index (χ0) is 14.8. The Morgan fingerprint density at radius 1 is 1.05 bits per heavy atom. The van der Waals surface area contributed by atoms with Crippen molar-refractivity contribution in [2.24, 2.45) is 0 Å². The van der Waals surface area contributed by atoms with E-state index in [1.807, 2.05) is 0 Å². The minimum Gasteiger partial charge on any atom is -0.490 e. The molecule has 3 rings (SSSR count). The first-order valence-electron chi connectivity index (χ1n) is 6.64. The average Bonchev–Trinajstić information content (AvgIpc) is 2.73. The van der Waals surface area contributed by atoms with Crippen molar-refractivity contribution in [1.82, 2.24) is 0 Å². The lowest BCUT2D eigenvalue weighted by molar-refractivity contribution is 0.103. The molecule has 0 saturated carbocycles. The van der Waals surface area contributed by atoms with Crippen LogP contribution in [0.5, 0.6) is 11.5 Å². The van der Waals surface area contributed by atoms with Gasteiger partial charge in [-0.15, -0.1) is 0 Å². The van der Waals surface area contributed by atoms with E-state index in [2.05, 4.69) is 0 Å². The fourth-order valence-corrected chi connectivity index (χ4v) is 2.18. The molecule has 0 bridgehead atoms. The van der Waals surface area contributed by atoms with Gasteiger partial charge in [0.2, 0.25) is 0 Å². The van der Waals surface area contributed by atoms with Crippen LogP contribution in [0.25, 0.3) is 0 Å². The fraction of sp³-hybridized carbons (Fsp3) is 0.188. The molecular formula is C16H14FNO3. The van der Waals surface area contributed by atoms with E-state index in [4.69, 9.17) is 15.2 Å². The largest absolute Gasteiger partial charge is 0.490 e. The number of nitrogen functional groups attached to an aromatic ring is 1. The lowest BCUT2D eigenvalue weighted by Crippen LogP contribution is -2.06. The molecule has 2 aromatic carbocycles. The van der Waals surface area contributed by atoms with Gasteiger partial charge in [-0.05, 0) is 36.4 Å². The van der Waals surface area contributed by atoms with Crippen LogP contribution in [0.3, 0.4) is 0 Å². The second-order valence-electron chi connectivity index (χ2n) is 4.78. The van der Waals surface area contributed by atoms with Crippen LogP contribution in [0.4, 0.5) is 10.1 Å². The van der Waals surface area contributed by atoms with Gasteiger partial charge >= 0.3 is 0 Å². The average molecular weight is 287 g/mol. The highest BCUT2D eigenvalue weighted by atomic mass is 19.1. The van der Waals surface area contributed by atoms with E-state index in [1.165, 1.54) is 18.2 Å². The maximum atomic E-state index is 13.8. The first kappa shape index (κ1) is 13.4. The van der Waals surface area contributed by atoms with Crippen LogP contribution in [0.15, 0.2) is 36.4 Å². The number of fused-ring (bicyclic) bond motifs is 1. The summed E-state index contributed by atoms with van der Waals surface area (Å²) in [6, 6.07) is 8.77. The fourth-order valence-electron chi connectivity index (χ4n) is 2.18. The van der Waals surface area contributed by atoms with Gasteiger partial charge in [0, 0.05) is 17.7 Å². The van der Waals surface area contributed by atoms with Crippen LogP contribution in [0, 0.1) is 5.82 Å². The van der Waals surface area contributed by atoms with Gasteiger partial charge in [0.05, 0.1) is 18.8 Å². The molecule has 108 valence electrons. The Morgan fingerprint density at radius 3 is 2.62 bits per heavy atom. The molecule has 0 saturated heterocycles. The Balaban J connectivity index is 1.98. The van der Waals surface area contributed by atoms with E-state index in [1.54, 1.807) is 18.2 Å². The second kappa shape index (κ2) is 5.44. The summed E-state index contributed by atoms with van der Waals surface area (Å²) in [5.74, 6) is 0.0662. The van der Waals surface area contributed by atoms with Gasteiger partial charge in [0.15, 0.2) is 17.3 Å². The van der Waals surface area contributed by atoms with Crippen LogP contribution in [-0.2, 0) is 0 Å². The van der Waals surface area contributed by atoms with E-state index in [0.717, 1.165) is 6.42 Å². The van der Waals surface area contributed by atoms with Gasteiger partial charge in [-0.25, -0.2) is 4.39 Å². The Hall–Kier alpha value is -2.56. The van der Waals surface area contributed by atoms with Gasteiger partial charge in [-0.3, -0.25) is 4.79 Å². The molecule has 0 spiro atoms. The molecule has 2 N–H and O–H groups in total. The van der Waals surface area contributed by atoms with Crippen molar-refractivity contribution in [2.75, 3.05) is 18.9 Å². The number of carbonyl (C=O) groups excluding carboxylic acids is 1. The number of ketones is 1. The molecule has 2 aromatic rings. The van der Waals surface area contributed by atoms with Crippen molar-refractivity contribution in [3.63, 3.8) is 0 Å². The van der Waals surface area contributed by atoms with Crippen LogP contribution >= 0.6 is 0 Å². The second-order valence-corrected chi connectivity index (χ2v) is 4.78. The van der Waals surface area contributed by atoms with Crippen LogP contribution < -0.4 is 15.2 Å². The predicted octanol–water partition coefficient (Wildman–Crippen LogP) is 2.80. The third-order valence-electron chi connectivity index (χ3n) is 3.24. The highest BCUT2D eigenvalue weighted by molar-refractivity contribution is 6.09. The number of benzene rings is 2. The molecule has 0 radical (unpaired) electrons. The summed E-state index contributed by atoms with van der Waals surface area (Å²) in [5.41, 5.74) is 6.24. The van der Waals surface area contributed by atoms with E-state index < -0.39 is 11.6 Å². The number of hydrogen-bond donors (Lipinski definition) is 1. The Morgan fingerprint density at radius 2 is 1.81 bits per heavy atom. The molecule has 0 fully saturated rings. The molecule has 1 aliphatic rings. The highest BCUT2D eigenvalue weighted by Crippen LogP contribution is 2.31. The summed E-state index contributed by atoms with van der Waals surface area (Å²) in [6.07, 6.45) is 0.780. The van der Waals surface area contributed by atoms with Gasteiger partial charge in [-0.1, -0.05) is 0 Å². The van der Waals surface area contributed by atoms with Crippen molar-refractivity contribution >= 4 is 11.5 Å². The molecular weight excluding hydrogens is 273 g/mol. The minimum absolute atomic E-state index is 0.0514. The number of carbonyl (C=O) groups is 1. The van der Waals surface area contributed by atoms with E-state index in [-0.39, 0.29) is 5.56 Å². The molecule has 1 aliphatic heterocycles. The Kier molecular flexibility index (Phi) is 3.48. The van der Waals surface area contributed by atoms with Crippen LogP contribution in [0.2, 0.25) is 0 Å². The zero-order valence-corrected chi connectivity index (χ0v) is 11.3. The lowest BCUT2D eigenvalue weighted by atomic mass is 10.0.